The Morgan fingerprint density at radius 3 is 2.50 bits per heavy atom. The largest absolute Gasteiger partial charge is 0.493 e. The molecular weight excluding hydrogens is 450 g/mol. The van der Waals surface area contributed by atoms with Crippen molar-refractivity contribution >= 4 is 26.7 Å². The Labute approximate surface area is 183 Å². The van der Waals surface area contributed by atoms with Crippen molar-refractivity contribution < 1.29 is 18.9 Å². The van der Waals surface area contributed by atoms with E-state index in [1.165, 1.54) is 0 Å². The molecule has 30 heavy (non-hydrogen) atoms. The van der Waals surface area contributed by atoms with E-state index in [1.54, 1.807) is 14.2 Å². The number of aromatic nitrogens is 1. The predicted octanol–water partition coefficient (Wildman–Crippen LogP) is 5.15. The first kappa shape index (κ1) is 20.6. The van der Waals surface area contributed by atoms with Crippen molar-refractivity contribution in [3.8, 4) is 34.3 Å². The Hall–Kier alpha value is -2.67. The highest BCUT2D eigenvalue weighted by Gasteiger charge is 2.27. The monoisotopic (exact) mass is 473 g/mol. The molecule has 5 rings (SSSR count). The van der Waals surface area contributed by atoms with Crippen LogP contribution in [0.25, 0.3) is 22.0 Å². The molecule has 0 bridgehead atoms. The number of methoxy groups -OCH3 is 2. The maximum atomic E-state index is 13.5. The molecule has 0 spiro atoms. The van der Waals surface area contributed by atoms with E-state index in [-0.39, 0.29) is 12.4 Å². The Bertz CT molecular complexity index is 1180. The molecule has 0 saturated heterocycles. The minimum absolute atomic E-state index is 0.0885. The van der Waals surface area contributed by atoms with Gasteiger partial charge >= 0.3 is 0 Å². The molecule has 1 aromatic heterocycles. The zero-order valence-electron chi connectivity index (χ0n) is 17.5. The molecule has 158 valence electrons. The fraction of sp³-hybridized carbons (Fsp3) is 0.348. The van der Waals surface area contributed by atoms with Crippen LogP contribution in [0.3, 0.4) is 0 Å². The number of pyridine rings is 1. The van der Waals surface area contributed by atoms with Crippen LogP contribution < -0.4 is 24.5 Å². The maximum Gasteiger partial charge on any atom is 0.262 e. The lowest BCUT2D eigenvalue weighted by atomic mass is 9.99. The van der Waals surface area contributed by atoms with Crippen LogP contribution in [0.2, 0.25) is 0 Å². The number of hydrogen-bond acceptors (Lipinski definition) is 5. The molecule has 0 unspecified atom stereocenters. The van der Waals surface area contributed by atoms with Crippen molar-refractivity contribution in [3.63, 3.8) is 0 Å². The minimum Gasteiger partial charge on any atom is -0.493 e. The maximum absolute atomic E-state index is 13.5. The van der Waals surface area contributed by atoms with Gasteiger partial charge in [0, 0.05) is 17.5 Å². The van der Waals surface area contributed by atoms with E-state index in [0.29, 0.717) is 29.2 Å². The van der Waals surface area contributed by atoms with Crippen molar-refractivity contribution in [2.24, 2.45) is 0 Å². The summed E-state index contributed by atoms with van der Waals surface area (Å²) in [6.07, 6.45) is 1.71. The van der Waals surface area contributed by atoms with E-state index in [1.807, 2.05) is 42.7 Å². The standard InChI is InChI=1S/C21H18BrNO5.C2H6/c1-25-14-6-5-12-17(20(14)26-2)21(24)23-7-3-4-11-8-15-16(28-10-27-15)9-13(11)19(23)18(12)22;1-2/h5-6,8-9H,3-4,7,10H2,1-2H3;1-2H3. The van der Waals surface area contributed by atoms with Crippen LogP contribution in [-0.2, 0) is 13.0 Å². The summed E-state index contributed by atoms with van der Waals surface area (Å²) in [4.78, 5) is 13.5. The van der Waals surface area contributed by atoms with Crippen LogP contribution in [0.1, 0.15) is 25.8 Å². The van der Waals surface area contributed by atoms with E-state index >= 15 is 0 Å². The average Bonchev–Trinajstić information content (AvgIpc) is 3.15. The van der Waals surface area contributed by atoms with E-state index in [0.717, 1.165) is 45.3 Å². The number of fused-ring (bicyclic) bond motifs is 5. The Balaban J connectivity index is 0.00000106. The van der Waals surface area contributed by atoms with Gasteiger partial charge in [-0.3, -0.25) is 4.79 Å². The molecule has 6 nitrogen and oxygen atoms in total. The summed E-state index contributed by atoms with van der Waals surface area (Å²) < 4.78 is 24.7. The lowest BCUT2D eigenvalue weighted by Gasteiger charge is -2.18. The summed E-state index contributed by atoms with van der Waals surface area (Å²) in [5.74, 6) is 2.46. The summed E-state index contributed by atoms with van der Waals surface area (Å²) in [6.45, 7) is 4.84. The van der Waals surface area contributed by atoms with Gasteiger partial charge in [0.25, 0.3) is 5.56 Å². The third-order valence-electron chi connectivity index (χ3n) is 5.40. The summed E-state index contributed by atoms with van der Waals surface area (Å²) in [5.41, 5.74) is 2.91. The summed E-state index contributed by atoms with van der Waals surface area (Å²) in [6, 6.07) is 7.72. The Morgan fingerprint density at radius 1 is 1.07 bits per heavy atom. The first-order chi connectivity index (χ1) is 14.6. The smallest absolute Gasteiger partial charge is 0.262 e. The van der Waals surface area contributed by atoms with Crippen molar-refractivity contribution in [1.29, 1.82) is 0 Å². The second kappa shape index (κ2) is 8.22. The lowest BCUT2D eigenvalue weighted by molar-refractivity contribution is 0.174. The highest BCUT2D eigenvalue weighted by Crippen LogP contribution is 2.45. The van der Waals surface area contributed by atoms with Gasteiger partial charge in [0.1, 0.15) is 0 Å². The predicted molar refractivity (Wildman–Crippen MR) is 120 cm³/mol. The van der Waals surface area contributed by atoms with Crippen LogP contribution in [0.15, 0.2) is 33.5 Å². The van der Waals surface area contributed by atoms with E-state index in [9.17, 15) is 4.79 Å². The SMILES string of the molecule is CC.COc1ccc2c(Br)c3n(c(=O)c2c1OC)CCCc1cc2c(cc1-3)OCO2. The molecule has 7 heteroatoms. The Morgan fingerprint density at radius 2 is 1.80 bits per heavy atom. The van der Waals surface area contributed by atoms with Crippen molar-refractivity contribution in [2.75, 3.05) is 21.0 Å². The number of nitrogens with zero attached hydrogens (tertiary/aromatic N) is 1. The molecule has 2 aliphatic rings. The van der Waals surface area contributed by atoms with E-state index < -0.39 is 0 Å². The van der Waals surface area contributed by atoms with Crippen LogP contribution in [0.5, 0.6) is 23.0 Å². The van der Waals surface area contributed by atoms with Gasteiger partial charge in [0.15, 0.2) is 23.0 Å². The summed E-state index contributed by atoms with van der Waals surface area (Å²) in [7, 11) is 3.12. The Kier molecular flexibility index (Phi) is 5.64. The number of hydrogen-bond donors (Lipinski definition) is 0. The van der Waals surface area contributed by atoms with Gasteiger partial charge in [-0.2, -0.15) is 0 Å². The third kappa shape index (κ3) is 3.03. The zero-order chi connectivity index (χ0) is 21.4. The van der Waals surface area contributed by atoms with Crippen LogP contribution >= 0.6 is 15.9 Å². The molecule has 2 aliphatic heterocycles. The van der Waals surface area contributed by atoms with Crippen molar-refractivity contribution in [2.45, 2.75) is 33.2 Å². The topological polar surface area (TPSA) is 58.9 Å². The summed E-state index contributed by atoms with van der Waals surface area (Å²) in [5, 5.41) is 1.31. The first-order valence-corrected chi connectivity index (χ1v) is 10.8. The van der Waals surface area contributed by atoms with Crippen LogP contribution in [-0.4, -0.2) is 25.6 Å². The molecule has 2 aromatic carbocycles. The molecule has 0 aliphatic carbocycles. The molecule has 0 amide bonds. The fourth-order valence-corrected chi connectivity index (χ4v) is 4.88. The normalized spacial score (nSPS) is 13.6. The number of rotatable bonds is 2. The fourth-order valence-electron chi connectivity index (χ4n) is 4.12. The molecule has 3 aromatic rings. The average molecular weight is 474 g/mol. The van der Waals surface area contributed by atoms with Crippen molar-refractivity contribution in [1.82, 2.24) is 4.57 Å². The van der Waals surface area contributed by atoms with Gasteiger partial charge < -0.3 is 23.5 Å². The van der Waals surface area contributed by atoms with Gasteiger partial charge in [0.2, 0.25) is 6.79 Å². The molecule has 0 fully saturated rings. The second-order valence-electron chi connectivity index (χ2n) is 6.81. The molecule has 0 N–H and O–H groups in total. The highest BCUT2D eigenvalue weighted by atomic mass is 79.9. The number of halogens is 1. The zero-order valence-corrected chi connectivity index (χ0v) is 19.1. The van der Waals surface area contributed by atoms with E-state index in [2.05, 4.69) is 15.9 Å². The van der Waals surface area contributed by atoms with Gasteiger partial charge in [-0.05, 0) is 58.6 Å². The minimum atomic E-state index is -0.0885. The molecule has 0 atom stereocenters. The quantitative estimate of drug-likeness (QED) is 0.514. The number of ether oxygens (including phenoxy) is 4. The molecule has 0 saturated carbocycles. The van der Waals surface area contributed by atoms with Gasteiger partial charge in [-0.1, -0.05) is 13.8 Å². The van der Waals surface area contributed by atoms with E-state index in [4.69, 9.17) is 18.9 Å². The second-order valence-corrected chi connectivity index (χ2v) is 7.60. The first-order valence-electron chi connectivity index (χ1n) is 10.0. The number of aryl methyl sites for hydroxylation is 1. The molecule has 0 radical (unpaired) electrons. The van der Waals surface area contributed by atoms with Crippen LogP contribution in [0.4, 0.5) is 0 Å². The van der Waals surface area contributed by atoms with Gasteiger partial charge in [-0.25, -0.2) is 0 Å². The lowest BCUT2D eigenvalue weighted by Crippen LogP contribution is -2.22. The third-order valence-corrected chi connectivity index (χ3v) is 6.20. The van der Waals surface area contributed by atoms with Crippen molar-refractivity contribution in [3.05, 3.63) is 44.7 Å². The van der Waals surface area contributed by atoms with Crippen LogP contribution in [0, 0.1) is 0 Å². The highest BCUT2D eigenvalue weighted by molar-refractivity contribution is 9.10. The summed E-state index contributed by atoms with van der Waals surface area (Å²) >= 11 is 3.77. The molecule has 3 heterocycles. The molecular formula is C23H24BrNO5. The number of benzene rings is 2. The van der Waals surface area contributed by atoms with Gasteiger partial charge in [-0.15, -0.1) is 0 Å². The van der Waals surface area contributed by atoms with Gasteiger partial charge in [0.05, 0.1) is 29.8 Å².